The van der Waals surface area contributed by atoms with Crippen LogP contribution in [0.1, 0.15) is 12.5 Å². The predicted octanol–water partition coefficient (Wildman–Crippen LogP) is 4.58. The van der Waals surface area contributed by atoms with Crippen molar-refractivity contribution < 1.29 is 22.4 Å². The van der Waals surface area contributed by atoms with Gasteiger partial charge in [-0.1, -0.05) is 29.5 Å². The third-order valence-electron chi connectivity index (χ3n) is 3.64. The molecule has 5 nitrogen and oxygen atoms in total. The van der Waals surface area contributed by atoms with Gasteiger partial charge in [-0.15, -0.1) is 10.2 Å². The molecule has 0 radical (unpaired) electrons. The SMILES string of the molecule is Cc1ccc(-c2nnc(S[C@@H](C)C(=O)Nc3ccc(F)c(F)c3F)o2)cc1. The lowest BCUT2D eigenvalue weighted by Gasteiger charge is -2.11. The Bertz CT molecular complexity index is 976. The van der Waals surface area contributed by atoms with Crippen molar-refractivity contribution in [1.82, 2.24) is 10.2 Å². The molecule has 1 N–H and O–H groups in total. The van der Waals surface area contributed by atoms with Crippen molar-refractivity contribution in [1.29, 1.82) is 0 Å². The summed E-state index contributed by atoms with van der Waals surface area (Å²) in [4.78, 5) is 12.2. The number of halogens is 3. The van der Waals surface area contributed by atoms with Crippen LogP contribution in [0.2, 0.25) is 0 Å². The zero-order valence-electron chi connectivity index (χ0n) is 14.3. The molecule has 0 aliphatic heterocycles. The summed E-state index contributed by atoms with van der Waals surface area (Å²) in [6, 6.07) is 9.15. The number of nitrogens with one attached hydrogen (secondary N) is 1. The molecule has 0 unspecified atom stereocenters. The van der Waals surface area contributed by atoms with E-state index in [2.05, 4.69) is 15.5 Å². The Kier molecular flexibility index (Phi) is 5.50. The molecule has 0 saturated carbocycles. The summed E-state index contributed by atoms with van der Waals surface area (Å²) in [6.45, 7) is 3.49. The average molecular weight is 393 g/mol. The molecule has 9 heteroatoms. The molecule has 1 amide bonds. The van der Waals surface area contributed by atoms with Crippen LogP contribution in [0.15, 0.2) is 46.0 Å². The number of aryl methyl sites for hydroxylation is 1. The van der Waals surface area contributed by atoms with Gasteiger partial charge >= 0.3 is 0 Å². The van der Waals surface area contributed by atoms with Gasteiger partial charge in [-0.3, -0.25) is 4.79 Å². The number of anilines is 1. The number of nitrogens with zero attached hydrogens (tertiary/aromatic N) is 2. The molecular formula is C18H14F3N3O2S. The molecule has 0 fully saturated rings. The standard InChI is InChI=1S/C18H14F3N3O2S/c1-9-3-5-11(6-4-9)17-23-24-18(26-17)27-10(2)16(25)22-13-8-7-12(19)14(20)15(13)21/h3-8,10H,1-2H3,(H,22,25)/t10-/m0/s1. The number of hydrogen-bond acceptors (Lipinski definition) is 5. The van der Waals surface area contributed by atoms with Crippen molar-refractivity contribution in [3.05, 3.63) is 59.4 Å². The topological polar surface area (TPSA) is 68.0 Å². The third kappa shape index (κ3) is 4.30. The molecule has 2 aromatic carbocycles. The second kappa shape index (κ2) is 7.83. The van der Waals surface area contributed by atoms with Crippen molar-refractivity contribution in [2.45, 2.75) is 24.3 Å². The Labute approximate surface area is 157 Å². The fourth-order valence-electron chi connectivity index (χ4n) is 2.13. The lowest BCUT2D eigenvalue weighted by molar-refractivity contribution is -0.115. The lowest BCUT2D eigenvalue weighted by atomic mass is 10.1. The molecule has 27 heavy (non-hydrogen) atoms. The van der Waals surface area contributed by atoms with Gasteiger partial charge in [0.15, 0.2) is 17.5 Å². The van der Waals surface area contributed by atoms with Crippen molar-refractivity contribution in [2.75, 3.05) is 5.32 Å². The minimum absolute atomic E-state index is 0.152. The van der Waals surface area contributed by atoms with Crippen LogP contribution in [0.25, 0.3) is 11.5 Å². The molecule has 140 valence electrons. The number of hydrogen-bond donors (Lipinski definition) is 1. The molecule has 0 aliphatic carbocycles. The number of amides is 1. The fraction of sp³-hybridized carbons (Fsp3) is 0.167. The summed E-state index contributed by atoms with van der Waals surface area (Å²) in [5.41, 5.74) is 1.38. The van der Waals surface area contributed by atoms with E-state index in [9.17, 15) is 18.0 Å². The van der Waals surface area contributed by atoms with E-state index >= 15 is 0 Å². The van der Waals surface area contributed by atoms with E-state index in [1.54, 1.807) is 0 Å². The van der Waals surface area contributed by atoms with Gasteiger partial charge in [-0.05, 0) is 38.1 Å². The lowest BCUT2D eigenvalue weighted by Crippen LogP contribution is -2.23. The smallest absolute Gasteiger partial charge is 0.277 e. The van der Waals surface area contributed by atoms with Crippen molar-refractivity contribution in [2.24, 2.45) is 0 Å². The molecule has 0 spiro atoms. The van der Waals surface area contributed by atoms with Crippen molar-refractivity contribution >= 4 is 23.4 Å². The van der Waals surface area contributed by atoms with Gasteiger partial charge in [0, 0.05) is 5.56 Å². The van der Waals surface area contributed by atoms with E-state index in [1.807, 2.05) is 31.2 Å². The van der Waals surface area contributed by atoms with E-state index in [4.69, 9.17) is 4.42 Å². The highest BCUT2D eigenvalue weighted by molar-refractivity contribution is 8.00. The van der Waals surface area contributed by atoms with Crippen LogP contribution in [-0.2, 0) is 4.79 Å². The molecule has 0 bridgehead atoms. The molecule has 0 saturated heterocycles. The summed E-state index contributed by atoms with van der Waals surface area (Å²) < 4.78 is 45.4. The Morgan fingerprint density at radius 2 is 1.78 bits per heavy atom. The summed E-state index contributed by atoms with van der Waals surface area (Å²) in [5, 5.41) is 9.41. The third-order valence-corrected chi connectivity index (χ3v) is 4.58. The average Bonchev–Trinajstić information content (AvgIpc) is 3.11. The first-order chi connectivity index (χ1) is 12.8. The first-order valence-electron chi connectivity index (χ1n) is 7.86. The van der Waals surface area contributed by atoms with Gasteiger partial charge in [-0.25, -0.2) is 13.2 Å². The largest absolute Gasteiger partial charge is 0.411 e. The Hall–Kier alpha value is -2.81. The fourth-order valence-corrected chi connectivity index (χ4v) is 2.82. The maximum Gasteiger partial charge on any atom is 0.277 e. The van der Waals surface area contributed by atoms with Crippen molar-refractivity contribution in [3.63, 3.8) is 0 Å². The zero-order chi connectivity index (χ0) is 19.6. The highest BCUT2D eigenvalue weighted by atomic mass is 32.2. The van der Waals surface area contributed by atoms with Gasteiger partial charge < -0.3 is 9.73 Å². The Morgan fingerprint density at radius 1 is 1.07 bits per heavy atom. The number of carbonyl (C=O) groups is 1. The maximum atomic E-state index is 13.7. The van der Waals surface area contributed by atoms with E-state index in [0.717, 1.165) is 35.0 Å². The molecule has 0 aliphatic rings. The molecule has 3 aromatic rings. The minimum Gasteiger partial charge on any atom is -0.411 e. The van der Waals surface area contributed by atoms with Crippen LogP contribution in [0.5, 0.6) is 0 Å². The van der Waals surface area contributed by atoms with Gasteiger partial charge in [0.2, 0.25) is 11.8 Å². The zero-order valence-corrected chi connectivity index (χ0v) is 15.1. The summed E-state index contributed by atoms with van der Waals surface area (Å²) in [6.07, 6.45) is 0. The number of aromatic nitrogens is 2. The van der Waals surface area contributed by atoms with E-state index in [0.29, 0.717) is 5.89 Å². The summed E-state index contributed by atoms with van der Waals surface area (Å²) in [7, 11) is 0. The number of thioether (sulfide) groups is 1. The van der Waals surface area contributed by atoms with Crippen LogP contribution >= 0.6 is 11.8 Å². The van der Waals surface area contributed by atoms with Crippen LogP contribution in [-0.4, -0.2) is 21.4 Å². The van der Waals surface area contributed by atoms with Crippen molar-refractivity contribution in [3.8, 4) is 11.5 Å². The predicted molar refractivity (Wildman–Crippen MR) is 94.7 cm³/mol. The minimum atomic E-state index is -1.65. The van der Waals surface area contributed by atoms with Gasteiger partial charge in [0.25, 0.3) is 5.22 Å². The summed E-state index contributed by atoms with van der Waals surface area (Å²) >= 11 is 0.960. The first-order valence-corrected chi connectivity index (χ1v) is 8.74. The highest BCUT2D eigenvalue weighted by Crippen LogP contribution is 2.27. The highest BCUT2D eigenvalue weighted by Gasteiger charge is 2.21. The quantitative estimate of drug-likeness (QED) is 0.508. The Morgan fingerprint density at radius 3 is 2.48 bits per heavy atom. The van der Waals surface area contributed by atoms with E-state index < -0.39 is 34.3 Å². The molecule has 3 rings (SSSR count). The van der Waals surface area contributed by atoms with Gasteiger partial charge in [0.1, 0.15) is 0 Å². The molecule has 1 heterocycles. The Balaban J connectivity index is 1.67. The van der Waals surface area contributed by atoms with Gasteiger partial charge in [0.05, 0.1) is 10.9 Å². The number of carbonyl (C=O) groups excluding carboxylic acids is 1. The van der Waals surface area contributed by atoms with E-state index in [1.165, 1.54) is 6.92 Å². The second-order valence-corrected chi connectivity index (χ2v) is 7.00. The molecule has 1 atom stereocenters. The van der Waals surface area contributed by atoms with Crippen LogP contribution < -0.4 is 5.32 Å². The monoisotopic (exact) mass is 393 g/mol. The first kappa shape index (κ1) is 19.0. The van der Waals surface area contributed by atoms with Crippen LogP contribution in [0.4, 0.5) is 18.9 Å². The normalized spacial score (nSPS) is 12.0. The van der Waals surface area contributed by atoms with Crippen LogP contribution in [0, 0.1) is 24.4 Å². The number of benzene rings is 2. The number of rotatable bonds is 5. The molecule has 1 aromatic heterocycles. The van der Waals surface area contributed by atoms with Gasteiger partial charge in [-0.2, -0.15) is 0 Å². The maximum absolute atomic E-state index is 13.7. The summed E-state index contributed by atoms with van der Waals surface area (Å²) in [5.74, 6) is -4.76. The van der Waals surface area contributed by atoms with E-state index in [-0.39, 0.29) is 5.22 Å². The second-order valence-electron chi connectivity index (χ2n) is 5.71. The van der Waals surface area contributed by atoms with Crippen LogP contribution in [0.3, 0.4) is 0 Å². The molecular weight excluding hydrogens is 379 g/mol.